The Balaban J connectivity index is 2.14. The van der Waals surface area contributed by atoms with Crippen molar-refractivity contribution >= 4 is 23.1 Å². The summed E-state index contributed by atoms with van der Waals surface area (Å²) in [6.07, 6.45) is 1.81. The zero-order valence-electron chi connectivity index (χ0n) is 11.3. The number of rotatable bonds is 3. The summed E-state index contributed by atoms with van der Waals surface area (Å²) in [6.45, 7) is 1.23. The van der Waals surface area contributed by atoms with Crippen molar-refractivity contribution in [3.05, 3.63) is 23.8 Å². The Labute approximate surface area is 123 Å². The maximum Gasteiger partial charge on any atom is 0.254 e. The molecule has 1 fully saturated rings. The summed E-state index contributed by atoms with van der Waals surface area (Å²) < 4.78 is 4.97. The van der Waals surface area contributed by atoms with Gasteiger partial charge in [-0.25, -0.2) is 0 Å². The van der Waals surface area contributed by atoms with Gasteiger partial charge in [-0.2, -0.15) is 0 Å². The summed E-state index contributed by atoms with van der Waals surface area (Å²) in [7, 11) is 1.47. The number of nitrogens with two attached hydrogens (primary N) is 1. The molecule has 1 aromatic rings. The van der Waals surface area contributed by atoms with Gasteiger partial charge in [0.05, 0.1) is 12.1 Å². The number of phenols is 1. The van der Waals surface area contributed by atoms with Crippen molar-refractivity contribution in [2.45, 2.75) is 12.8 Å². The van der Waals surface area contributed by atoms with Crippen LogP contribution in [0, 0.1) is 5.92 Å². The van der Waals surface area contributed by atoms with Gasteiger partial charge in [-0.3, -0.25) is 4.79 Å². The van der Waals surface area contributed by atoms with Crippen molar-refractivity contribution in [2.75, 3.05) is 20.2 Å². The molecule has 0 aliphatic carbocycles. The first-order valence-corrected chi connectivity index (χ1v) is 6.89. The quantitative estimate of drug-likeness (QED) is 0.827. The number of amides is 1. The highest BCUT2D eigenvalue weighted by atomic mass is 32.1. The number of nitrogens with zero attached hydrogens (tertiary/aromatic N) is 1. The highest BCUT2D eigenvalue weighted by molar-refractivity contribution is 7.80. The minimum Gasteiger partial charge on any atom is -0.504 e. The second kappa shape index (κ2) is 6.09. The van der Waals surface area contributed by atoms with Crippen LogP contribution in [-0.4, -0.2) is 41.1 Å². The maximum atomic E-state index is 12.4. The molecule has 0 radical (unpaired) electrons. The number of carbonyl (C=O) groups is 1. The number of likely N-dealkylation sites (tertiary alicyclic amines) is 1. The molecular formula is C14H18N2O3S. The molecule has 1 aliphatic rings. The number of methoxy groups -OCH3 is 1. The van der Waals surface area contributed by atoms with E-state index in [1.165, 1.54) is 13.2 Å². The second-order valence-electron chi connectivity index (χ2n) is 4.88. The van der Waals surface area contributed by atoms with Gasteiger partial charge in [0.1, 0.15) is 0 Å². The molecule has 1 saturated heterocycles. The highest BCUT2D eigenvalue weighted by Crippen LogP contribution is 2.27. The van der Waals surface area contributed by atoms with Gasteiger partial charge < -0.3 is 20.5 Å². The molecule has 2 rings (SSSR count). The Hall–Kier alpha value is -1.82. The van der Waals surface area contributed by atoms with Gasteiger partial charge in [0.15, 0.2) is 11.5 Å². The Kier molecular flexibility index (Phi) is 4.44. The molecule has 1 aliphatic heterocycles. The summed E-state index contributed by atoms with van der Waals surface area (Å²) in [5.41, 5.74) is 6.10. The van der Waals surface area contributed by atoms with Crippen LogP contribution < -0.4 is 10.5 Å². The van der Waals surface area contributed by atoms with E-state index >= 15 is 0 Å². The molecule has 0 saturated carbocycles. The molecular weight excluding hydrogens is 276 g/mol. The molecule has 1 atom stereocenters. The van der Waals surface area contributed by atoms with Gasteiger partial charge >= 0.3 is 0 Å². The number of ether oxygens (including phenoxy) is 1. The summed E-state index contributed by atoms with van der Waals surface area (Å²) in [4.78, 5) is 14.6. The number of hydrogen-bond acceptors (Lipinski definition) is 4. The molecule has 1 aromatic carbocycles. The average molecular weight is 294 g/mol. The van der Waals surface area contributed by atoms with E-state index in [9.17, 15) is 9.90 Å². The zero-order chi connectivity index (χ0) is 14.7. The van der Waals surface area contributed by atoms with E-state index in [4.69, 9.17) is 22.7 Å². The number of piperidine rings is 1. The van der Waals surface area contributed by atoms with Crippen LogP contribution in [0.2, 0.25) is 0 Å². The molecule has 6 heteroatoms. The van der Waals surface area contributed by atoms with E-state index < -0.39 is 0 Å². The Morgan fingerprint density at radius 1 is 1.55 bits per heavy atom. The summed E-state index contributed by atoms with van der Waals surface area (Å²) >= 11 is 5.01. The van der Waals surface area contributed by atoms with Crippen LogP contribution in [0.5, 0.6) is 11.5 Å². The first-order chi connectivity index (χ1) is 9.52. The van der Waals surface area contributed by atoms with E-state index in [-0.39, 0.29) is 17.6 Å². The molecule has 20 heavy (non-hydrogen) atoms. The van der Waals surface area contributed by atoms with E-state index in [0.717, 1.165) is 12.8 Å². The first-order valence-electron chi connectivity index (χ1n) is 6.48. The lowest BCUT2D eigenvalue weighted by Crippen LogP contribution is -2.43. The molecule has 1 heterocycles. The van der Waals surface area contributed by atoms with Crippen molar-refractivity contribution in [3.8, 4) is 11.5 Å². The topological polar surface area (TPSA) is 75.8 Å². The highest BCUT2D eigenvalue weighted by Gasteiger charge is 2.26. The van der Waals surface area contributed by atoms with E-state index in [0.29, 0.717) is 29.4 Å². The summed E-state index contributed by atoms with van der Waals surface area (Å²) in [6, 6.07) is 4.65. The fraction of sp³-hybridized carbons (Fsp3) is 0.429. The molecule has 3 N–H and O–H groups in total. The first kappa shape index (κ1) is 14.6. The largest absolute Gasteiger partial charge is 0.504 e. The van der Waals surface area contributed by atoms with Gasteiger partial charge in [-0.1, -0.05) is 12.2 Å². The predicted molar refractivity (Wildman–Crippen MR) is 80.1 cm³/mol. The lowest BCUT2D eigenvalue weighted by atomic mass is 9.97. The standard InChI is InChI=1S/C14H18N2O3S/c1-19-12-5-4-9(7-11(12)17)14(18)16-6-2-3-10(8-16)13(15)20/h4-5,7,10,17H,2-3,6,8H2,1H3,(H2,15,20). The molecule has 1 unspecified atom stereocenters. The van der Waals surface area contributed by atoms with E-state index in [1.54, 1.807) is 17.0 Å². The monoisotopic (exact) mass is 294 g/mol. The number of aromatic hydroxyl groups is 1. The normalized spacial score (nSPS) is 18.6. The van der Waals surface area contributed by atoms with Gasteiger partial charge in [0, 0.05) is 24.6 Å². The number of phenolic OH excluding ortho intramolecular Hbond substituents is 1. The van der Waals surface area contributed by atoms with Crippen LogP contribution in [0.25, 0.3) is 0 Å². The van der Waals surface area contributed by atoms with Crippen molar-refractivity contribution < 1.29 is 14.6 Å². The lowest BCUT2D eigenvalue weighted by molar-refractivity contribution is 0.0703. The molecule has 5 nitrogen and oxygen atoms in total. The SMILES string of the molecule is COc1ccc(C(=O)N2CCCC(C(N)=S)C2)cc1O. The fourth-order valence-electron chi connectivity index (χ4n) is 2.40. The average Bonchev–Trinajstić information content (AvgIpc) is 2.46. The molecule has 1 amide bonds. The van der Waals surface area contributed by atoms with E-state index in [1.807, 2.05) is 0 Å². The third kappa shape index (κ3) is 3.01. The van der Waals surface area contributed by atoms with Crippen LogP contribution in [0.4, 0.5) is 0 Å². The van der Waals surface area contributed by atoms with E-state index in [2.05, 4.69) is 0 Å². The lowest BCUT2D eigenvalue weighted by Gasteiger charge is -2.32. The third-order valence-electron chi connectivity index (χ3n) is 3.54. The van der Waals surface area contributed by atoms with Crippen LogP contribution in [0.1, 0.15) is 23.2 Å². The third-order valence-corrected chi connectivity index (χ3v) is 3.87. The Bertz CT molecular complexity index is 533. The second-order valence-corrected chi connectivity index (χ2v) is 5.35. The Morgan fingerprint density at radius 2 is 2.30 bits per heavy atom. The number of thiocarbonyl (C=S) groups is 1. The smallest absolute Gasteiger partial charge is 0.254 e. The number of carbonyl (C=O) groups excluding carboxylic acids is 1. The van der Waals surface area contributed by atoms with Crippen LogP contribution in [0.15, 0.2) is 18.2 Å². The molecule has 0 spiro atoms. The van der Waals surface area contributed by atoms with Gasteiger partial charge in [-0.15, -0.1) is 0 Å². The molecule has 0 bridgehead atoms. The van der Waals surface area contributed by atoms with Gasteiger partial charge in [0.2, 0.25) is 0 Å². The zero-order valence-corrected chi connectivity index (χ0v) is 12.2. The predicted octanol–water partition coefficient (Wildman–Crippen LogP) is 1.54. The number of hydrogen-bond donors (Lipinski definition) is 2. The minimum atomic E-state index is -0.121. The van der Waals surface area contributed by atoms with Crippen LogP contribution in [-0.2, 0) is 0 Å². The fourth-order valence-corrected chi connectivity index (χ4v) is 2.59. The van der Waals surface area contributed by atoms with Gasteiger partial charge in [0.25, 0.3) is 5.91 Å². The van der Waals surface area contributed by atoms with Gasteiger partial charge in [-0.05, 0) is 31.0 Å². The van der Waals surface area contributed by atoms with Crippen molar-refractivity contribution in [3.63, 3.8) is 0 Å². The molecule has 0 aromatic heterocycles. The van der Waals surface area contributed by atoms with Crippen molar-refractivity contribution in [2.24, 2.45) is 11.7 Å². The Morgan fingerprint density at radius 3 is 2.90 bits per heavy atom. The molecule has 108 valence electrons. The van der Waals surface area contributed by atoms with Crippen molar-refractivity contribution in [1.29, 1.82) is 0 Å². The van der Waals surface area contributed by atoms with Crippen LogP contribution in [0.3, 0.4) is 0 Å². The minimum absolute atomic E-state index is 0.0405. The van der Waals surface area contributed by atoms with Crippen molar-refractivity contribution in [1.82, 2.24) is 4.90 Å². The summed E-state index contributed by atoms with van der Waals surface area (Å²) in [5, 5.41) is 9.74. The maximum absolute atomic E-state index is 12.4. The van der Waals surface area contributed by atoms with Crippen LogP contribution >= 0.6 is 12.2 Å². The number of benzene rings is 1. The summed E-state index contributed by atoms with van der Waals surface area (Å²) in [5.74, 6) is 0.265.